The van der Waals surface area contributed by atoms with E-state index in [0.29, 0.717) is 10.4 Å². The average molecular weight is 240 g/mol. The molecule has 0 aliphatic rings. The van der Waals surface area contributed by atoms with E-state index in [9.17, 15) is 13.2 Å². The van der Waals surface area contributed by atoms with Crippen LogP contribution in [0.2, 0.25) is 0 Å². The third kappa shape index (κ3) is 2.32. The second kappa shape index (κ2) is 4.00. The second-order valence-corrected chi connectivity index (χ2v) is 3.21. The third-order valence-corrected chi connectivity index (χ3v) is 2.01. The van der Waals surface area contributed by atoms with Crippen LogP contribution in [0.1, 0.15) is 0 Å². The van der Waals surface area contributed by atoms with E-state index in [1.54, 1.807) is 30.3 Å². The van der Waals surface area contributed by atoms with E-state index in [1.807, 2.05) is 0 Å². The Morgan fingerprint density at radius 3 is 2.41 bits per heavy atom. The SMILES string of the molecule is C=C(n1nnc(-c2ccccc2)n1)C(F)(F)F. The van der Waals surface area contributed by atoms with Crippen LogP contribution in [-0.4, -0.2) is 26.4 Å². The maximum Gasteiger partial charge on any atom is 0.434 e. The molecule has 0 aliphatic heterocycles. The zero-order valence-electron chi connectivity index (χ0n) is 8.52. The standard InChI is InChI=1S/C10H7F3N4/c1-7(10(11,12)13)17-15-9(14-16-17)8-5-3-2-4-6-8/h2-6H,1H2. The van der Waals surface area contributed by atoms with Gasteiger partial charge in [0.25, 0.3) is 0 Å². The van der Waals surface area contributed by atoms with Crippen LogP contribution in [0.15, 0.2) is 36.9 Å². The number of hydrogen-bond donors (Lipinski definition) is 0. The number of halogens is 3. The number of benzene rings is 1. The van der Waals surface area contributed by atoms with E-state index in [4.69, 9.17) is 0 Å². The molecule has 0 atom stereocenters. The first-order valence-electron chi connectivity index (χ1n) is 4.60. The molecule has 0 amide bonds. The Morgan fingerprint density at radius 1 is 1.18 bits per heavy atom. The predicted octanol–water partition coefficient (Wildman–Crippen LogP) is 2.37. The number of aromatic nitrogens is 4. The molecule has 1 aromatic carbocycles. The van der Waals surface area contributed by atoms with Crippen molar-refractivity contribution in [1.29, 1.82) is 0 Å². The molecule has 1 aromatic heterocycles. The number of hydrogen-bond acceptors (Lipinski definition) is 3. The van der Waals surface area contributed by atoms with Crippen molar-refractivity contribution in [2.24, 2.45) is 0 Å². The summed E-state index contributed by atoms with van der Waals surface area (Å²) in [5.41, 5.74) is -0.582. The first-order chi connectivity index (χ1) is 7.98. The molecule has 0 saturated carbocycles. The molecule has 0 unspecified atom stereocenters. The van der Waals surface area contributed by atoms with Crippen LogP contribution in [0.25, 0.3) is 17.1 Å². The summed E-state index contributed by atoms with van der Waals surface area (Å²) in [5.74, 6) is 0.121. The lowest BCUT2D eigenvalue weighted by molar-refractivity contribution is -0.0750. The molecule has 0 N–H and O–H groups in total. The largest absolute Gasteiger partial charge is 0.434 e. The number of rotatable bonds is 2. The van der Waals surface area contributed by atoms with Gasteiger partial charge in [0.15, 0.2) is 5.70 Å². The van der Waals surface area contributed by atoms with Crippen molar-refractivity contribution in [2.45, 2.75) is 6.18 Å². The smallest absolute Gasteiger partial charge is 0.164 e. The molecule has 88 valence electrons. The van der Waals surface area contributed by atoms with Crippen molar-refractivity contribution in [3.8, 4) is 11.4 Å². The van der Waals surface area contributed by atoms with Crippen molar-refractivity contribution >= 4 is 5.70 Å². The van der Waals surface area contributed by atoms with Gasteiger partial charge in [-0.15, -0.1) is 15.0 Å². The van der Waals surface area contributed by atoms with Gasteiger partial charge in [0.05, 0.1) is 0 Å². The minimum Gasteiger partial charge on any atom is -0.164 e. The highest BCUT2D eigenvalue weighted by Crippen LogP contribution is 2.26. The van der Waals surface area contributed by atoms with E-state index in [1.165, 1.54) is 0 Å². The highest BCUT2D eigenvalue weighted by Gasteiger charge is 2.35. The highest BCUT2D eigenvalue weighted by molar-refractivity contribution is 5.54. The maximum absolute atomic E-state index is 12.3. The first kappa shape index (κ1) is 11.3. The minimum absolute atomic E-state index is 0.121. The van der Waals surface area contributed by atoms with Crippen molar-refractivity contribution in [2.75, 3.05) is 0 Å². The Labute approximate surface area is 94.4 Å². The molecular weight excluding hydrogens is 233 g/mol. The lowest BCUT2D eigenvalue weighted by Crippen LogP contribution is -2.17. The number of nitrogens with zero attached hydrogens (tertiary/aromatic N) is 4. The summed E-state index contributed by atoms with van der Waals surface area (Å²) in [5, 5.41) is 10.5. The Morgan fingerprint density at radius 2 is 1.82 bits per heavy atom. The fourth-order valence-corrected chi connectivity index (χ4v) is 1.14. The summed E-state index contributed by atoms with van der Waals surface area (Å²) in [6.07, 6.45) is -4.57. The average Bonchev–Trinajstić information content (AvgIpc) is 2.77. The minimum atomic E-state index is -4.57. The van der Waals surface area contributed by atoms with Gasteiger partial charge in [-0.3, -0.25) is 0 Å². The summed E-state index contributed by atoms with van der Waals surface area (Å²) >= 11 is 0. The van der Waals surface area contributed by atoms with E-state index in [2.05, 4.69) is 22.0 Å². The molecule has 1 heterocycles. The van der Waals surface area contributed by atoms with Crippen LogP contribution in [0.5, 0.6) is 0 Å². The van der Waals surface area contributed by atoms with Crippen molar-refractivity contribution < 1.29 is 13.2 Å². The van der Waals surface area contributed by atoms with Gasteiger partial charge in [-0.1, -0.05) is 36.9 Å². The van der Waals surface area contributed by atoms with Gasteiger partial charge >= 0.3 is 6.18 Å². The Bertz CT molecular complexity index is 530. The molecule has 7 heteroatoms. The normalized spacial score (nSPS) is 11.5. The van der Waals surface area contributed by atoms with E-state index >= 15 is 0 Å². The van der Waals surface area contributed by atoms with E-state index < -0.39 is 11.9 Å². The van der Waals surface area contributed by atoms with Crippen molar-refractivity contribution in [1.82, 2.24) is 20.2 Å². The molecule has 0 spiro atoms. The fourth-order valence-electron chi connectivity index (χ4n) is 1.14. The van der Waals surface area contributed by atoms with Crippen molar-refractivity contribution in [3.63, 3.8) is 0 Å². The highest BCUT2D eigenvalue weighted by atomic mass is 19.4. The quantitative estimate of drug-likeness (QED) is 0.809. The monoisotopic (exact) mass is 240 g/mol. The van der Waals surface area contributed by atoms with Gasteiger partial charge in [0, 0.05) is 5.56 Å². The van der Waals surface area contributed by atoms with Gasteiger partial charge in [0.1, 0.15) is 0 Å². The predicted molar refractivity (Wildman–Crippen MR) is 54.6 cm³/mol. The molecule has 0 saturated heterocycles. The molecule has 17 heavy (non-hydrogen) atoms. The molecule has 2 aromatic rings. The van der Waals surface area contributed by atoms with Gasteiger partial charge in [-0.2, -0.15) is 13.2 Å². The summed E-state index contributed by atoms with van der Waals surface area (Å²) in [6, 6.07) is 8.60. The summed E-state index contributed by atoms with van der Waals surface area (Å²) in [7, 11) is 0. The Balaban J connectivity index is 2.32. The molecule has 0 fully saturated rings. The van der Waals surface area contributed by atoms with Gasteiger partial charge < -0.3 is 0 Å². The third-order valence-electron chi connectivity index (χ3n) is 2.01. The lowest BCUT2D eigenvalue weighted by Gasteiger charge is -2.06. The van der Waals surface area contributed by atoms with Crippen LogP contribution in [0.3, 0.4) is 0 Å². The summed E-state index contributed by atoms with van der Waals surface area (Å²) < 4.78 is 37.0. The topological polar surface area (TPSA) is 43.6 Å². The summed E-state index contributed by atoms with van der Waals surface area (Å²) in [4.78, 5) is 0.377. The van der Waals surface area contributed by atoms with E-state index in [-0.39, 0.29) is 5.82 Å². The fraction of sp³-hybridized carbons (Fsp3) is 0.100. The molecule has 4 nitrogen and oxygen atoms in total. The molecule has 0 aliphatic carbocycles. The van der Waals surface area contributed by atoms with Crippen LogP contribution >= 0.6 is 0 Å². The maximum atomic E-state index is 12.3. The zero-order valence-corrected chi connectivity index (χ0v) is 8.52. The summed E-state index contributed by atoms with van der Waals surface area (Å²) in [6.45, 7) is 2.88. The van der Waals surface area contributed by atoms with Crippen LogP contribution in [-0.2, 0) is 0 Å². The number of tetrazole rings is 1. The molecule has 0 bridgehead atoms. The Hall–Kier alpha value is -2.18. The van der Waals surface area contributed by atoms with Crippen LogP contribution in [0, 0.1) is 0 Å². The van der Waals surface area contributed by atoms with Gasteiger partial charge in [0.2, 0.25) is 5.82 Å². The van der Waals surface area contributed by atoms with Crippen molar-refractivity contribution in [3.05, 3.63) is 36.9 Å². The first-order valence-corrected chi connectivity index (χ1v) is 4.60. The van der Waals surface area contributed by atoms with Gasteiger partial charge in [-0.05, 0) is 5.21 Å². The van der Waals surface area contributed by atoms with E-state index in [0.717, 1.165) is 0 Å². The molecule has 2 rings (SSSR count). The Kier molecular flexibility index (Phi) is 2.66. The number of allylic oxidation sites excluding steroid dienone is 1. The zero-order chi connectivity index (χ0) is 12.5. The van der Waals surface area contributed by atoms with Gasteiger partial charge in [-0.25, -0.2) is 0 Å². The lowest BCUT2D eigenvalue weighted by atomic mass is 10.2. The van der Waals surface area contributed by atoms with Crippen LogP contribution in [0.4, 0.5) is 13.2 Å². The molecule has 0 radical (unpaired) electrons. The van der Waals surface area contributed by atoms with Crippen LogP contribution < -0.4 is 0 Å². The second-order valence-electron chi connectivity index (χ2n) is 3.21. The molecular formula is C10H7F3N4. The number of alkyl halides is 3.